The topological polar surface area (TPSA) is 138 Å². The third-order valence-electron chi connectivity index (χ3n) is 8.58. The number of hydrogen-bond donors (Lipinski definition) is 2. The highest BCUT2D eigenvalue weighted by Crippen LogP contribution is 2.52. The Morgan fingerprint density at radius 2 is 1.27 bits per heavy atom. The first-order chi connectivity index (χ1) is 24.8. The van der Waals surface area contributed by atoms with Crippen LogP contribution in [0.5, 0.6) is 17.2 Å². The van der Waals surface area contributed by atoms with Gasteiger partial charge < -0.3 is 34.3 Å². The van der Waals surface area contributed by atoms with Crippen LogP contribution in [0.25, 0.3) is 6.08 Å². The predicted molar refractivity (Wildman–Crippen MR) is 189 cm³/mol. The van der Waals surface area contributed by atoms with Crippen molar-refractivity contribution in [3.8, 4) is 17.2 Å². The number of fused-ring (bicyclic) bond motifs is 1. The molecule has 11 nitrogen and oxygen atoms in total. The normalized spacial score (nSPS) is 15.8. The molecule has 264 valence electrons. The maximum Gasteiger partial charge on any atom is 0.328 e. The molecule has 0 bridgehead atoms. The summed E-state index contributed by atoms with van der Waals surface area (Å²) >= 11 is 0. The molecule has 4 aromatic rings. The van der Waals surface area contributed by atoms with Gasteiger partial charge >= 0.3 is 11.9 Å². The van der Waals surface area contributed by atoms with Gasteiger partial charge in [-0.15, -0.1) is 0 Å². The second kappa shape index (κ2) is 17.0. The third kappa shape index (κ3) is 8.74. The van der Waals surface area contributed by atoms with E-state index in [9.17, 15) is 19.2 Å². The Balaban J connectivity index is 1.50. The molecule has 1 heterocycles. The summed E-state index contributed by atoms with van der Waals surface area (Å²) in [6.45, 7) is 0. The van der Waals surface area contributed by atoms with E-state index in [0.717, 1.165) is 11.1 Å². The van der Waals surface area contributed by atoms with E-state index in [4.69, 9.17) is 23.7 Å². The molecule has 0 fully saturated rings. The highest BCUT2D eigenvalue weighted by Gasteiger charge is 2.44. The number of benzene rings is 4. The fourth-order valence-corrected chi connectivity index (χ4v) is 6.03. The van der Waals surface area contributed by atoms with Crippen molar-refractivity contribution in [2.45, 2.75) is 36.9 Å². The first-order valence-corrected chi connectivity index (χ1v) is 16.3. The minimum atomic E-state index is -0.999. The van der Waals surface area contributed by atoms with Crippen LogP contribution in [0.3, 0.4) is 0 Å². The van der Waals surface area contributed by atoms with Crippen LogP contribution in [0.1, 0.15) is 39.8 Å². The Labute approximate surface area is 296 Å². The molecular weight excluding hydrogens is 652 g/mol. The standard InChI is InChI=1S/C40H40N2O9/c1-47-29-19-15-28(16-20-29)36-35(38(44)42-31(40(46)50-4)24-26-13-9-6-10-14-26)34-27(17-21-32(48-2)37(34)51-36)18-22-33(43)41-30(39(45)49-3)23-25-11-7-5-8-12-25/h5-22,30-31,35-36H,23-24H2,1-4H3,(H,41,43)(H,42,44)/b22-18+. The van der Waals surface area contributed by atoms with Crippen LogP contribution in [0.4, 0.5) is 0 Å². The summed E-state index contributed by atoms with van der Waals surface area (Å²) in [5.41, 5.74) is 3.29. The van der Waals surface area contributed by atoms with E-state index in [-0.39, 0.29) is 12.8 Å². The summed E-state index contributed by atoms with van der Waals surface area (Å²) in [5.74, 6) is -1.92. The second-order valence-electron chi connectivity index (χ2n) is 11.8. The van der Waals surface area contributed by atoms with Crippen molar-refractivity contribution in [3.63, 3.8) is 0 Å². The molecule has 0 aromatic heterocycles. The Morgan fingerprint density at radius 1 is 0.706 bits per heavy atom. The van der Waals surface area contributed by atoms with Crippen molar-refractivity contribution in [1.29, 1.82) is 0 Å². The average Bonchev–Trinajstić information content (AvgIpc) is 3.58. The lowest BCUT2D eigenvalue weighted by Gasteiger charge is -2.23. The SMILES string of the molecule is COC(=O)C(Cc1ccccc1)NC(=O)/C=C/c1ccc(OC)c2c1C(C(=O)NC(Cc1ccccc1)C(=O)OC)C(c1ccc(OC)cc1)O2. The Bertz CT molecular complexity index is 1860. The Morgan fingerprint density at radius 3 is 1.80 bits per heavy atom. The zero-order valence-electron chi connectivity index (χ0n) is 28.8. The molecule has 0 radical (unpaired) electrons. The molecule has 5 rings (SSSR count). The third-order valence-corrected chi connectivity index (χ3v) is 8.58. The van der Waals surface area contributed by atoms with E-state index in [1.807, 2.05) is 60.7 Å². The van der Waals surface area contributed by atoms with Gasteiger partial charge in [0.15, 0.2) is 11.5 Å². The Kier molecular flexibility index (Phi) is 12.1. The number of hydrogen-bond acceptors (Lipinski definition) is 9. The first kappa shape index (κ1) is 36.2. The molecular formula is C40H40N2O9. The number of carbonyl (C=O) groups is 4. The van der Waals surface area contributed by atoms with E-state index in [0.29, 0.717) is 33.9 Å². The molecule has 2 amide bonds. The fraction of sp³-hybridized carbons (Fsp3) is 0.250. The summed E-state index contributed by atoms with van der Waals surface area (Å²) in [5, 5.41) is 5.63. The molecule has 4 unspecified atom stereocenters. The highest BCUT2D eigenvalue weighted by atomic mass is 16.5. The summed E-state index contributed by atoms with van der Waals surface area (Å²) < 4.78 is 27.5. The molecule has 1 aliphatic heterocycles. The van der Waals surface area contributed by atoms with Gasteiger partial charge in [0.25, 0.3) is 0 Å². The van der Waals surface area contributed by atoms with Crippen LogP contribution in [-0.2, 0) is 41.5 Å². The number of rotatable bonds is 14. The molecule has 0 saturated heterocycles. The van der Waals surface area contributed by atoms with Gasteiger partial charge in [0.1, 0.15) is 29.9 Å². The summed E-state index contributed by atoms with van der Waals surface area (Å²) in [6.07, 6.45) is 2.42. The quantitative estimate of drug-likeness (QED) is 0.142. The molecule has 1 aliphatic rings. The zero-order chi connectivity index (χ0) is 36.3. The minimum Gasteiger partial charge on any atom is -0.497 e. The molecule has 11 heteroatoms. The van der Waals surface area contributed by atoms with Gasteiger partial charge in [0.2, 0.25) is 11.8 Å². The molecule has 0 saturated carbocycles. The summed E-state index contributed by atoms with van der Waals surface area (Å²) in [6, 6.07) is 27.1. The van der Waals surface area contributed by atoms with E-state index in [1.165, 1.54) is 27.4 Å². The van der Waals surface area contributed by atoms with Crippen molar-refractivity contribution in [3.05, 3.63) is 131 Å². The van der Waals surface area contributed by atoms with Crippen LogP contribution >= 0.6 is 0 Å². The zero-order valence-corrected chi connectivity index (χ0v) is 28.8. The maximum atomic E-state index is 14.4. The highest BCUT2D eigenvalue weighted by molar-refractivity contribution is 5.96. The van der Waals surface area contributed by atoms with Gasteiger partial charge in [-0.05, 0) is 46.5 Å². The van der Waals surface area contributed by atoms with Crippen LogP contribution in [0, 0.1) is 0 Å². The molecule has 4 atom stereocenters. The van der Waals surface area contributed by atoms with Crippen molar-refractivity contribution in [2.75, 3.05) is 28.4 Å². The second-order valence-corrected chi connectivity index (χ2v) is 11.8. The lowest BCUT2D eigenvalue weighted by molar-refractivity contribution is -0.145. The molecule has 0 spiro atoms. The van der Waals surface area contributed by atoms with Gasteiger partial charge in [0, 0.05) is 24.5 Å². The Hall–Kier alpha value is -6.10. The van der Waals surface area contributed by atoms with Crippen molar-refractivity contribution in [1.82, 2.24) is 10.6 Å². The van der Waals surface area contributed by atoms with Gasteiger partial charge in [-0.1, -0.05) is 78.9 Å². The van der Waals surface area contributed by atoms with Gasteiger partial charge in [-0.2, -0.15) is 0 Å². The molecule has 2 N–H and O–H groups in total. The number of esters is 2. The summed E-state index contributed by atoms with van der Waals surface area (Å²) in [4.78, 5) is 53.2. The summed E-state index contributed by atoms with van der Waals surface area (Å²) in [7, 11) is 5.58. The van der Waals surface area contributed by atoms with Crippen molar-refractivity contribution in [2.24, 2.45) is 0 Å². The van der Waals surface area contributed by atoms with Crippen molar-refractivity contribution >= 4 is 29.8 Å². The van der Waals surface area contributed by atoms with Gasteiger partial charge in [-0.3, -0.25) is 9.59 Å². The fourth-order valence-electron chi connectivity index (χ4n) is 6.03. The molecule has 4 aromatic carbocycles. The maximum absolute atomic E-state index is 14.4. The minimum absolute atomic E-state index is 0.197. The first-order valence-electron chi connectivity index (χ1n) is 16.3. The van der Waals surface area contributed by atoms with Crippen LogP contribution in [-0.4, -0.2) is 64.3 Å². The molecule has 51 heavy (non-hydrogen) atoms. The monoisotopic (exact) mass is 692 g/mol. The van der Waals surface area contributed by atoms with Crippen LogP contribution < -0.4 is 24.8 Å². The largest absolute Gasteiger partial charge is 0.497 e. The number of carbonyl (C=O) groups excluding carboxylic acids is 4. The smallest absolute Gasteiger partial charge is 0.328 e. The number of amides is 2. The van der Waals surface area contributed by atoms with Crippen LogP contribution in [0.15, 0.2) is 103 Å². The average molecular weight is 693 g/mol. The van der Waals surface area contributed by atoms with E-state index in [2.05, 4.69) is 10.6 Å². The van der Waals surface area contributed by atoms with Crippen molar-refractivity contribution < 1.29 is 42.9 Å². The number of nitrogens with one attached hydrogen (secondary N) is 2. The van der Waals surface area contributed by atoms with E-state index >= 15 is 0 Å². The van der Waals surface area contributed by atoms with Crippen LogP contribution in [0.2, 0.25) is 0 Å². The van der Waals surface area contributed by atoms with Gasteiger partial charge in [0.05, 0.1) is 28.4 Å². The lowest BCUT2D eigenvalue weighted by Crippen LogP contribution is -2.45. The van der Waals surface area contributed by atoms with Gasteiger partial charge in [-0.25, -0.2) is 9.59 Å². The number of methoxy groups -OCH3 is 4. The van der Waals surface area contributed by atoms with E-state index in [1.54, 1.807) is 49.6 Å². The predicted octanol–water partition coefficient (Wildman–Crippen LogP) is 4.74. The number of ether oxygens (including phenoxy) is 5. The molecule has 0 aliphatic carbocycles. The van der Waals surface area contributed by atoms with E-state index < -0.39 is 47.9 Å². The lowest BCUT2D eigenvalue weighted by atomic mass is 9.86.